The molecule has 0 bridgehead atoms. The molecule has 0 spiro atoms. The van der Waals surface area contributed by atoms with Gasteiger partial charge in [-0.25, -0.2) is 0 Å². The molecular weight excluding hydrogens is 238 g/mol. The number of rotatable bonds is 9. The SMILES string of the molecule is CN(C)CCCOCc1cccc(CNC2CC2)n1. The lowest BCUT2D eigenvalue weighted by molar-refractivity contribution is 0.110. The molecule has 0 aromatic carbocycles. The highest BCUT2D eigenvalue weighted by Gasteiger charge is 2.20. The Kier molecular flexibility index (Phi) is 5.76. The average Bonchev–Trinajstić information content (AvgIpc) is 3.20. The Bertz CT molecular complexity index is 377. The molecule has 1 aliphatic carbocycles. The molecule has 0 saturated heterocycles. The number of pyridine rings is 1. The van der Waals surface area contributed by atoms with Crippen molar-refractivity contribution in [2.75, 3.05) is 27.2 Å². The fraction of sp³-hybridized carbons (Fsp3) is 0.667. The summed E-state index contributed by atoms with van der Waals surface area (Å²) in [6.45, 7) is 3.35. The Balaban J connectivity index is 1.65. The first kappa shape index (κ1) is 14.4. The van der Waals surface area contributed by atoms with E-state index in [2.05, 4.69) is 41.4 Å². The van der Waals surface area contributed by atoms with Gasteiger partial charge >= 0.3 is 0 Å². The summed E-state index contributed by atoms with van der Waals surface area (Å²) < 4.78 is 5.65. The van der Waals surface area contributed by atoms with Crippen LogP contribution >= 0.6 is 0 Å². The van der Waals surface area contributed by atoms with E-state index in [1.54, 1.807) is 0 Å². The van der Waals surface area contributed by atoms with Gasteiger partial charge in [-0.2, -0.15) is 0 Å². The van der Waals surface area contributed by atoms with Crippen LogP contribution in [0.4, 0.5) is 0 Å². The Morgan fingerprint density at radius 1 is 1.32 bits per heavy atom. The third kappa shape index (κ3) is 6.14. The smallest absolute Gasteiger partial charge is 0.0887 e. The molecule has 0 radical (unpaired) electrons. The highest BCUT2D eigenvalue weighted by molar-refractivity contribution is 5.10. The van der Waals surface area contributed by atoms with Crippen LogP contribution in [0.15, 0.2) is 18.2 Å². The molecule has 1 aromatic heterocycles. The Labute approximate surface area is 116 Å². The lowest BCUT2D eigenvalue weighted by atomic mass is 10.3. The topological polar surface area (TPSA) is 37.4 Å². The quantitative estimate of drug-likeness (QED) is 0.689. The van der Waals surface area contributed by atoms with Crippen molar-refractivity contribution < 1.29 is 4.74 Å². The van der Waals surface area contributed by atoms with E-state index in [9.17, 15) is 0 Å². The zero-order chi connectivity index (χ0) is 13.5. The van der Waals surface area contributed by atoms with Gasteiger partial charge in [0.15, 0.2) is 0 Å². The third-order valence-electron chi connectivity index (χ3n) is 3.16. The van der Waals surface area contributed by atoms with Gasteiger partial charge < -0.3 is 15.0 Å². The predicted octanol–water partition coefficient (Wildman–Crippen LogP) is 1.80. The number of nitrogens with zero attached hydrogens (tertiary/aromatic N) is 2. The minimum Gasteiger partial charge on any atom is -0.375 e. The molecule has 1 heterocycles. The normalized spacial score (nSPS) is 15.1. The number of nitrogens with one attached hydrogen (secondary N) is 1. The summed E-state index contributed by atoms with van der Waals surface area (Å²) >= 11 is 0. The maximum atomic E-state index is 5.65. The largest absolute Gasteiger partial charge is 0.375 e. The van der Waals surface area contributed by atoms with Crippen LogP contribution in [-0.4, -0.2) is 43.2 Å². The second-order valence-electron chi connectivity index (χ2n) is 5.48. The first-order valence-electron chi connectivity index (χ1n) is 7.15. The van der Waals surface area contributed by atoms with Crippen molar-refractivity contribution in [1.82, 2.24) is 15.2 Å². The molecule has 1 saturated carbocycles. The van der Waals surface area contributed by atoms with Crippen molar-refractivity contribution in [3.8, 4) is 0 Å². The number of hydrogen-bond donors (Lipinski definition) is 1. The van der Waals surface area contributed by atoms with Crippen molar-refractivity contribution in [3.63, 3.8) is 0 Å². The zero-order valence-electron chi connectivity index (χ0n) is 12.1. The van der Waals surface area contributed by atoms with E-state index in [0.29, 0.717) is 6.61 Å². The Morgan fingerprint density at radius 3 is 2.84 bits per heavy atom. The molecule has 1 aliphatic rings. The molecule has 2 rings (SSSR count). The molecule has 19 heavy (non-hydrogen) atoms. The second kappa shape index (κ2) is 7.58. The molecule has 1 fully saturated rings. The van der Waals surface area contributed by atoms with Gasteiger partial charge in [0.2, 0.25) is 0 Å². The maximum Gasteiger partial charge on any atom is 0.0887 e. The monoisotopic (exact) mass is 263 g/mol. The molecule has 106 valence electrons. The van der Waals surface area contributed by atoms with Gasteiger partial charge in [-0.1, -0.05) is 6.07 Å². The van der Waals surface area contributed by atoms with E-state index in [4.69, 9.17) is 4.74 Å². The van der Waals surface area contributed by atoms with Crippen LogP contribution < -0.4 is 5.32 Å². The summed E-state index contributed by atoms with van der Waals surface area (Å²) in [5.41, 5.74) is 2.14. The van der Waals surface area contributed by atoms with E-state index in [0.717, 1.165) is 43.5 Å². The van der Waals surface area contributed by atoms with E-state index < -0.39 is 0 Å². The number of ether oxygens (including phenoxy) is 1. The lowest BCUT2D eigenvalue weighted by Gasteiger charge is -2.09. The van der Waals surface area contributed by atoms with Gasteiger partial charge in [-0.15, -0.1) is 0 Å². The van der Waals surface area contributed by atoms with E-state index in [-0.39, 0.29) is 0 Å². The minimum atomic E-state index is 0.616. The number of aromatic nitrogens is 1. The lowest BCUT2D eigenvalue weighted by Crippen LogP contribution is -2.17. The van der Waals surface area contributed by atoms with Crippen LogP contribution in [0.3, 0.4) is 0 Å². The fourth-order valence-corrected chi connectivity index (χ4v) is 1.90. The molecule has 0 amide bonds. The van der Waals surface area contributed by atoms with Gasteiger partial charge in [-0.05, 0) is 52.0 Å². The van der Waals surface area contributed by atoms with Crippen molar-refractivity contribution >= 4 is 0 Å². The second-order valence-corrected chi connectivity index (χ2v) is 5.48. The van der Waals surface area contributed by atoms with Crippen molar-refractivity contribution in [1.29, 1.82) is 0 Å². The van der Waals surface area contributed by atoms with Gasteiger partial charge in [0.25, 0.3) is 0 Å². The maximum absolute atomic E-state index is 5.65. The van der Waals surface area contributed by atoms with Crippen LogP contribution in [0.5, 0.6) is 0 Å². The molecule has 4 nitrogen and oxygen atoms in total. The van der Waals surface area contributed by atoms with Gasteiger partial charge in [-0.3, -0.25) is 4.98 Å². The highest BCUT2D eigenvalue weighted by atomic mass is 16.5. The van der Waals surface area contributed by atoms with Crippen LogP contribution in [-0.2, 0) is 17.9 Å². The molecular formula is C15H25N3O. The fourth-order valence-electron chi connectivity index (χ4n) is 1.90. The summed E-state index contributed by atoms with van der Waals surface area (Å²) in [6, 6.07) is 6.90. The van der Waals surface area contributed by atoms with Gasteiger partial charge in [0, 0.05) is 19.2 Å². The van der Waals surface area contributed by atoms with E-state index in [1.165, 1.54) is 12.8 Å². The van der Waals surface area contributed by atoms with Crippen LogP contribution in [0, 0.1) is 0 Å². The van der Waals surface area contributed by atoms with E-state index >= 15 is 0 Å². The van der Waals surface area contributed by atoms with Gasteiger partial charge in [0.05, 0.1) is 18.0 Å². The Hall–Kier alpha value is -0.970. The van der Waals surface area contributed by atoms with Crippen molar-refractivity contribution in [3.05, 3.63) is 29.6 Å². The summed E-state index contributed by atoms with van der Waals surface area (Å²) in [5, 5.41) is 3.48. The molecule has 0 atom stereocenters. The van der Waals surface area contributed by atoms with Crippen LogP contribution in [0.1, 0.15) is 30.7 Å². The predicted molar refractivity (Wildman–Crippen MR) is 76.9 cm³/mol. The van der Waals surface area contributed by atoms with Crippen molar-refractivity contribution in [2.45, 2.75) is 38.5 Å². The molecule has 1 N–H and O–H groups in total. The standard InChI is InChI=1S/C15H25N3O/c1-18(2)9-4-10-19-12-15-6-3-5-14(17-15)11-16-13-7-8-13/h3,5-6,13,16H,4,7-12H2,1-2H3. The number of hydrogen-bond acceptors (Lipinski definition) is 4. The first-order valence-corrected chi connectivity index (χ1v) is 7.15. The average molecular weight is 263 g/mol. The minimum absolute atomic E-state index is 0.616. The molecule has 4 heteroatoms. The van der Waals surface area contributed by atoms with Gasteiger partial charge in [0.1, 0.15) is 0 Å². The summed E-state index contributed by atoms with van der Waals surface area (Å²) in [4.78, 5) is 6.78. The van der Waals surface area contributed by atoms with Crippen LogP contribution in [0.25, 0.3) is 0 Å². The van der Waals surface area contributed by atoms with Crippen molar-refractivity contribution in [2.24, 2.45) is 0 Å². The molecule has 0 unspecified atom stereocenters. The molecule has 0 aliphatic heterocycles. The van der Waals surface area contributed by atoms with E-state index in [1.807, 2.05) is 6.07 Å². The first-order chi connectivity index (χ1) is 9.24. The highest BCUT2D eigenvalue weighted by Crippen LogP contribution is 2.19. The Morgan fingerprint density at radius 2 is 2.11 bits per heavy atom. The third-order valence-corrected chi connectivity index (χ3v) is 3.16. The molecule has 1 aromatic rings. The summed E-state index contributed by atoms with van der Waals surface area (Å²) in [7, 11) is 4.16. The summed E-state index contributed by atoms with van der Waals surface area (Å²) in [6.07, 6.45) is 3.69. The zero-order valence-corrected chi connectivity index (χ0v) is 12.1. The summed E-state index contributed by atoms with van der Waals surface area (Å²) in [5.74, 6) is 0. The van der Waals surface area contributed by atoms with Crippen LogP contribution in [0.2, 0.25) is 0 Å².